The van der Waals surface area contributed by atoms with Crippen LogP contribution in [0.3, 0.4) is 0 Å². The number of nitro benzene ring substituents is 1. The van der Waals surface area contributed by atoms with E-state index in [1.807, 2.05) is 36.4 Å². The third-order valence-electron chi connectivity index (χ3n) is 6.80. The molecular weight excluding hydrogens is 464 g/mol. The van der Waals surface area contributed by atoms with Gasteiger partial charge in [0.25, 0.3) is 5.69 Å². The first-order valence-electron chi connectivity index (χ1n) is 12.9. The molecule has 0 amide bonds. The second-order valence-corrected chi connectivity index (χ2v) is 9.49. The van der Waals surface area contributed by atoms with Crippen molar-refractivity contribution < 1.29 is 14.5 Å². The number of hydrogen-bond acceptors (Lipinski definition) is 4. The van der Waals surface area contributed by atoms with Gasteiger partial charge in [0.15, 0.2) is 11.6 Å². The van der Waals surface area contributed by atoms with Crippen LogP contribution in [0.25, 0.3) is 27.9 Å². The number of benzene rings is 3. The van der Waals surface area contributed by atoms with Gasteiger partial charge in [-0.2, -0.15) is 0 Å². The lowest BCUT2D eigenvalue weighted by atomic mass is 10.0. The van der Waals surface area contributed by atoms with Crippen molar-refractivity contribution >= 4 is 45.1 Å². The molecule has 3 aromatic carbocycles. The Kier molecular flexibility index (Phi) is 8.29. The number of rotatable bonds is 12. The van der Waals surface area contributed by atoms with Crippen LogP contribution in [0.15, 0.2) is 66.7 Å². The zero-order valence-electron chi connectivity index (χ0n) is 21.4. The molecule has 0 spiro atoms. The molecule has 0 aliphatic carbocycles. The number of nitro groups is 1. The quantitative estimate of drug-likeness (QED) is 0.0651. The maximum absolute atomic E-state index is 13.0. The van der Waals surface area contributed by atoms with Gasteiger partial charge in [-0.3, -0.25) is 19.7 Å². The average molecular weight is 497 g/mol. The maximum atomic E-state index is 13.0. The minimum absolute atomic E-state index is 0.00541. The number of hydrogen-bond donors (Lipinski definition) is 0. The lowest BCUT2D eigenvalue weighted by Gasteiger charge is -2.08. The molecule has 0 atom stereocenters. The zero-order valence-corrected chi connectivity index (χ0v) is 21.4. The van der Waals surface area contributed by atoms with E-state index in [9.17, 15) is 19.7 Å². The van der Waals surface area contributed by atoms with Gasteiger partial charge in [-0.25, -0.2) is 0 Å². The Labute approximate surface area is 216 Å². The van der Waals surface area contributed by atoms with E-state index in [1.165, 1.54) is 50.3 Å². The summed E-state index contributed by atoms with van der Waals surface area (Å²) >= 11 is 0. The number of fused-ring (bicyclic) bond motifs is 3. The van der Waals surface area contributed by atoms with Crippen LogP contribution in [0.4, 0.5) is 5.69 Å². The van der Waals surface area contributed by atoms with Crippen LogP contribution in [0, 0.1) is 10.1 Å². The molecule has 4 rings (SSSR count). The van der Waals surface area contributed by atoms with Crippen molar-refractivity contribution in [3.05, 3.63) is 93.5 Å². The average Bonchev–Trinajstić information content (AvgIpc) is 3.21. The van der Waals surface area contributed by atoms with E-state index in [0.29, 0.717) is 16.7 Å². The maximum Gasteiger partial charge on any atom is 0.270 e. The molecule has 0 aliphatic rings. The molecule has 4 aromatic rings. The molecule has 0 aliphatic heterocycles. The number of ketones is 2. The first-order chi connectivity index (χ1) is 17.9. The smallest absolute Gasteiger partial charge is 0.270 e. The molecule has 0 bridgehead atoms. The zero-order chi connectivity index (χ0) is 26.4. The molecule has 0 saturated heterocycles. The molecule has 0 fully saturated rings. The molecule has 37 heavy (non-hydrogen) atoms. The molecule has 0 unspecified atom stereocenters. The largest absolute Gasteiger partial charge is 0.340 e. The predicted octanol–water partition coefficient (Wildman–Crippen LogP) is 8.16. The number of aryl methyl sites for hydroxylation is 1. The van der Waals surface area contributed by atoms with Crippen LogP contribution >= 0.6 is 0 Å². The summed E-state index contributed by atoms with van der Waals surface area (Å²) in [6.07, 6.45) is 10.3. The SMILES string of the molecule is CCCCCCCCn1c2ccc(C(C)=O)cc2c2cc(C(=O)/C=C/c3cccc([N+](=O)[O-])c3)ccc21. The van der Waals surface area contributed by atoms with Crippen molar-refractivity contribution in [3.63, 3.8) is 0 Å². The highest BCUT2D eigenvalue weighted by Gasteiger charge is 2.14. The Morgan fingerprint density at radius 1 is 0.865 bits per heavy atom. The predicted molar refractivity (Wildman–Crippen MR) is 149 cm³/mol. The van der Waals surface area contributed by atoms with Crippen molar-refractivity contribution in [3.8, 4) is 0 Å². The highest BCUT2D eigenvalue weighted by atomic mass is 16.6. The van der Waals surface area contributed by atoms with Gasteiger partial charge in [0.05, 0.1) is 4.92 Å². The van der Waals surface area contributed by atoms with Crippen LogP contribution in [-0.2, 0) is 6.54 Å². The van der Waals surface area contributed by atoms with Gasteiger partial charge in [-0.1, -0.05) is 57.2 Å². The van der Waals surface area contributed by atoms with E-state index in [-0.39, 0.29) is 17.3 Å². The topological polar surface area (TPSA) is 82.2 Å². The van der Waals surface area contributed by atoms with E-state index in [1.54, 1.807) is 25.1 Å². The molecule has 0 saturated carbocycles. The molecule has 0 radical (unpaired) electrons. The van der Waals surface area contributed by atoms with Gasteiger partial charge >= 0.3 is 0 Å². The molecule has 1 heterocycles. The van der Waals surface area contributed by atoms with Crippen molar-refractivity contribution in [1.82, 2.24) is 4.57 Å². The second-order valence-electron chi connectivity index (χ2n) is 9.49. The summed E-state index contributed by atoms with van der Waals surface area (Å²) in [6, 6.07) is 17.7. The Morgan fingerprint density at radius 3 is 2.19 bits per heavy atom. The Balaban J connectivity index is 1.66. The van der Waals surface area contributed by atoms with E-state index in [0.717, 1.165) is 34.8 Å². The summed E-state index contributed by atoms with van der Waals surface area (Å²) in [5.74, 6) is -0.182. The summed E-state index contributed by atoms with van der Waals surface area (Å²) in [7, 11) is 0. The first kappa shape index (κ1) is 26.0. The van der Waals surface area contributed by atoms with Gasteiger partial charge < -0.3 is 4.57 Å². The fourth-order valence-electron chi connectivity index (χ4n) is 4.78. The number of Topliss-reactive ketones (excluding diaryl/α,β-unsaturated/α-hetero) is 1. The van der Waals surface area contributed by atoms with Crippen LogP contribution in [0.5, 0.6) is 0 Å². The number of aromatic nitrogens is 1. The fourth-order valence-corrected chi connectivity index (χ4v) is 4.78. The van der Waals surface area contributed by atoms with Gasteiger partial charge in [0.1, 0.15) is 0 Å². The monoisotopic (exact) mass is 496 g/mol. The summed E-state index contributed by atoms with van der Waals surface area (Å²) < 4.78 is 2.29. The van der Waals surface area contributed by atoms with Crippen LogP contribution in [-0.4, -0.2) is 21.1 Å². The van der Waals surface area contributed by atoms with Gasteiger partial charge in [0, 0.05) is 51.6 Å². The number of nitrogens with zero attached hydrogens (tertiary/aromatic N) is 2. The number of allylic oxidation sites excluding steroid dienone is 1. The lowest BCUT2D eigenvalue weighted by molar-refractivity contribution is -0.384. The number of non-ortho nitro benzene ring substituents is 1. The van der Waals surface area contributed by atoms with E-state index < -0.39 is 4.92 Å². The third-order valence-corrected chi connectivity index (χ3v) is 6.80. The van der Waals surface area contributed by atoms with Gasteiger partial charge in [-0.15, -0.1) is 0 Å². The second kappa shape index (κ2) is 11.8. The number of carbonyl (C=O) groups is 2. The molecule has 6 nitrogen and oxygen atoms in total. The molecule has 1 aromatic heterocycles. The molecule has 6 heteroatoms. The summed E-state index contributed by atoms with van der Waals surface area (Å²) in [4.78, 5) is 35.7. The summed E-state index contributed by atoms with van der Waals surface area (Å²) in [5, 5.41) is 12.9. The first-order valence-corrected chi connectivity index (χ1v) is 12.9. The fraction of sp³-hybridized carbons (Fsp3) is 0.290. The summed E-state index contributed by atoms with van der Waals surface area (Å²) in [5.41, 5.74) is 3.85. The lowest BCUT2D eigenvalue weighted by Crippen LogP contribution is -1.99. The van der Waals surface area contributed by atoms with Crippen molar-refractivity contribution in [1.29, 1.82) is 0 Å². The van der Waals surface area contributed by atoms with E-state index >= 15 is 0 Å². The minimum Gasteiger partial charge on any atom is -0.340 e. The van der Waals surface area contributed by atoms with Crippen LogP contribution < -0.4 is 0 Å². The molecule has 0 N–H and O–H groups in total. The van der Waals surface area contributed by atoms with E-state index in [2.05, 4.69) is 11.5 Å². The summed E-state index contributed by atoms with van der Waals surface area (Å²) in [6.45, 7) is 4.66. The normalized spacial score (nSPS) is 11.5. The highest BCUT2D eigenvalue weighted by molar-refractivity contribution is 6.14. The highest BCUT2D eigenvalue weighted by Crippen LogP contribution is 2.32. The van der Waals surface area contributed by atoms with Gasteiger partial charge in [0.2, 0.25) is 0 Å². The van der Waals surface area contributed by atoms with E-state index in [4.69, 9.17) is 0 Å². The molecule has 190 valence electrons. The van der Waals surface area contributed by atoms with Crippen molar-refractivity contribution in [2.75, 3.05) is 0 Å². The number of unbranched alkanes of at least 4 members (excludes halogenated alkanes) is 5. The van der Waals surface area contributed by atoms with Crippen molar-refractivity contribution in [2.45, 2.75) is 58.9 Å². The standard InChI is InChI=1S/C31H32N2O4/c1-3-4-5-6-7-8-18-32-29-15-13-24(22(2)34)20-27(29)28-21-25(14-16-30(28)32)31(35)17-12-23-10-9-11-26(19-23)33(36)37/h9-17,19-21H,3-8,18H2,1-2H3/b17-12+. The van der Waals surface area contributed by atoms with Gasteiger partial charge in [-0.05, 0) is 61.4 Å². The minimum atomic E-state index is -0.455. The Hall–Kier alpha value is -4.06. The Morgan fingerprint density at radius 2 is 1.51 bits per heavy atom. The Bertz CT molecular complexity index is 1500. The third kappa shape index (κ3) is 6.02. The van der Waals surface area contributed by atoms with Crippen LogP contribution in [0.2, 0.25) is 0 Å². The molecular formula is C31H32N2O4. The van der Waals surface area contributed by atoms with Crippen LogP contribution in [0.1, 0.15) is 78.7 Å². The van der Waals surface area contributed by atoms with Crippen molar-refractivity contribution in [2.24, 2.45) is 0 Å². The number of carbonyl (C=O) groups excluding carboxylic acids is 2.